The molecule has 0 aliphatic carbocycles. The Balaban J connectivity index is 2.72. The Labute approximate surface area is 105 Å². The first-order valence-corrected chi connectivity index (χ1v) is 6.72. The van der Waals surface area contributed by atoms with Gasteiger partial charge in [-0.1, -0.05) is 20.8 Å². The molecule has 1 heterocycles. The summed E-state index contributed by atoms with van der Waals surface area (Å²) in [6, 6.07) is 4.31. The van der Waals surface area contributed by atoms with Crippen LogP contribution in [0.4, 0.5) is 5.69 Å². The molecule has 96 valence electrons. The van der Waals surface area contributed by atoms with E-state index in [1.807, 2.05) is 6.20 Å². The van der Waals surface area contributed by atoms with E-state index >= 15 is 0 Å². The molecule has 0 unspecified atom stereocenters. The molecule has 0 aliphatic rings. The summed E-state index contributed by atoms with van der Waals surface area (Å²) in [6.07, 6.45) is 4.29. The first-order chi connectivity index (χ1) is 8.31. The summed E-state index contributed by atoms with van der Waals surface area (Å²) in [5.74, 6) is 0. The van der Waals surface area contributed by atoms with Gasteiger partial charge in [0.15, 0.2) is 0 Å². The Morgan fingerprint density at radius 1 is 1.18 bits per heavy atom. The van der Waals surface area contributed by atoms with E-state index in [2.05, 4.69) is 48.1 Å². The lowest BCUT2D eigenvalue weighted by Crippen LogP contribution is -2.25. The van der Waals surface area contributed by atoms with E-state index < -0.39 is 0 Å². The SMILES string of the molecule is CCCN(CCC)c1ccnc(CNCC)c1. The zero-order chi connectivity index (χ0) is 12.5. The maximum absolute atomic E-state index is 4.39. The quantitative estimate of drug-likeness (QED) is 0.751. The van der Waals surface area contributed by atoms with Crippen molar-refractivity contribution in [3.63, 3.8) is 0 Å². The number of hydrogen-bond acceptors (Lipinski definition) is 3. The van der Waals surface area contributed by atoms with Gasteiger partial charge >= 0.3 is 0 Å². The van der Waals surface area contributed by atoms with Gasteiger partial charge in [-0.05, 0) is 31.5 Å². The van der Waals surface area contributed by atoms with Crippen LogP contribution in [-0.2, 0) is 6.54 Å². The van der Waals surface area contributed by atoms with Crippen LogP contribution in [0.25, 0.3) is 0 Å². The van der Waals surface area contributed by atoms with Crippen molar-refractivity contribution in [2.24, 2.45) is 0 Å². The molecule has 3 nitrogen and oxygen atoms in total. The summed E-state index contributed by atoms with van der Waals surface area (Å²) in [5.41, 5.74) is 2.43. The van der Waals surface area contributed by atoms with Crippen LogP contribution in [-0.4, -0.2) is 24.6 Å². The molecular weight excluding hydrogens is 210 g/mol. The molecule has 0 aliphatic heterocycles. The molecule has 0 bridgehead atoms. The maximum Gasteiger partial charge on any atom is 0.0562 e. The summed E-state index contributed by atoms with van der Waals surface area (Å²) in [5, 5.41) is 3.31. The topological polar surface area (TPSA) is 28.2 Å². The lowest BCUT2D eigenvalue weighted by molar-refractivity contribution is 0.706. The molecule has 1 aromatic heterocycles. The zero-order valence-corrected chi connectivity index (χ0v) is 11.4. The van der Waals surface area contributed by atoms with Crippen LogP contribution in [0.2, 0.25) is 0 Å². The molecule has 1 aromatic rings. The van der Waals surface area contributed by atoms with Crippen LogP contribution in [0, 0.1) is 0 Å². The summed E-state index contributed by atoms with van der Waals surface area (Å²) in [4.78, 5) is 6.83. The monoisotopic (exact) mass is 235 g/mol. The molecule has 17 heavy (non-hydrogen) atoms. The van der Waals surface area contributed by atoms with Crippen molar-refractivity contribution < 1.29 is 0 Å². The predicted molar refractivity (Wildman–Crippen MR) is 74.4 cm³/mol. The fourth-order valence-corrected chi connectivity index (χ4v) is 1.92. The third-order valence-corrected chi connectivity index (χ3v) is 2.71. The molecular formula is C14H25N3. The standard InChI is InChI=1S/C14H25N3/c1-4-9-17(10-5-2)14-7-8-16-13(11-14)12-15-6-3/h7-8,11,15H,4-6,9-10,12H2,1-3H3. The number of hydrogen-bond donors (Lipinski definition) is 1. The number of rotatable bonds is 8. The lowest BCUT2D eigenvalue weighted by atomic mass is 10.2. The highest BCUT2D eigenvalue weighted by atomic mass is 15.1. The molecule has 0 spiro atoms. The van der Waals surface area contributed by atoms with Crippen molar-refractivity contribution >= 4 is 5.69 Å². The number of nitrogens with zero attached hydrogens (tertiary/aromatic N) is 2. The van der Waals surface area contributed by atoms with Gasteiger partial charge in [-0.25, -0.2) is 0 Å². The number of aromatic nitrogens is 1. The van der Waals surface area contributed by atoms with Crippen LogP contribution in [0.3, 0.4) is 0 Å². The minimum absolute atomic E-state index is 0.858. The van der Waals surface area contributed by atoms with Crippen molar-refractivity contribution in [2.45, 2.75) is 40.2 Å². The average molecular weight is 235 g/mol. The molecule has 3 heteroatoms. The minimum Gasteiger partial charge on any atom is -0.371 e. The number of nitrogens with one attached hydrogen (secondary N) is 1. The van der Waals surface area contributed by atoms with Crippen molar-refractivity contribution in [1.29, 1.82) is 0 Å². The highest BCUT2D eigenvalue weighted by molar-refractivity contribution is 5.46. The van der Waals surface area contributed by atoms with Gasteiger partial charge in [0, 0.05) is 31.5 Å². The number of anilines is 1. The van der Waals surface area contributed by atoms with E-state index in [9.17, 15) is 0 Å². The number of pyridine rings is 1. The molecule has 0 radical (unpaired) electrons. The van der Waals surface area contributed by atoms with Crippen LogP contribution in [0.5, 0.6) is 0 Å². The summed E-state index contributed by atoms with van der Waals surface area (Å²) < 4.78 is 0. The largest absolute Gasteiger partial charge is 0.371 e. The maximum atomic E-state index is 4.39. The molecule has 0 fully saturated rings. The first-order valence-electron chi connectivity index (χ1n) is 6.72. The Kier molecular flexibility index (Phi) is 6.63. The zero-order valence-electron chi connectivity index (χ0n) is 11.4. The van der Waals surface area contributed by atoms with E-state index in [-0.39, 0.29) is 0 Å². The van der Waals surface area contributed by atoms with E-state index in [1.165, 1.54) is 18.5 Å². The highest BCUT2D eigenvalue weighted by Gasteiger charge is 2.05. The van der Waals surface area contributed by atoms with Gasteiger partial charge in [0.1, 0.15) is 0 Å². The average Bonchev–Trinajstić information content (AvgIpc) is 2.36. The van der Waals surface area contributed by atoms with Crippen LogP contribution < -0.4 is 10.2 Å². The molecule has 0 atom stereocenters. The first kappa shape index (κ1) is 14.0. The van der Waals surface area contributed by atoms with Gasteiger partial charge in [0.05, 0.1) is 5.69 Å². The van der Waals surface area contributed by atoms with Gasteiger partial charge in [0.2, 0.25) is 0 Å². The fraction of sp³-hybridized carbons (Fsp3) is 0.643. The molecule has 0 amide bonds. The Bertz CT molecular complexity index is 306. The van der Waals surface area contributed by atoms with Crippen molar-refractivity contribution in [1.82, 2.24) is 10.3 Å². The van der Waals surface area contributed by atoms with Gasteiger partial charge in [-0.3, -0.25) is 4.98 Å². The van der Waals surface area contributed by atoms with E-state index in [4.69, 9.17) is 0 Å². The van der Waals surface area contributed by atoms with Gasteiger partial charge in [-0.15, -0.1) is 0 Å². The van der Waals surface area contributed by atoms with Gasteiger partial charge in [0.25, 0.3) is 0 Å². The molecule has 1 rings (SSSR count). The van der Waals surface area contributed by atoms with Gasteiger partial charge in [-0.2, -0.15) is 0 Å². The third-order valence-electron chi connectivity index (χ3n) is 2.71. The van der Waals surface area contributed by atoms with Crippen LogP contribution in [0.1, 0.15) is 39.3 Å². The molecule has 1 N–H and O–H groups in total. The highest BCUT2D eigenvalue weighted by Crippen LogP contribution is 2.15. The van der Waals surface area contributed by atoms with Crippen molar-refractivity contribution in [3.05, 3.63) is 24.0 Å². The minimum atomic E-state index is 0.858. The predicted octanol–water partition coefficient (Wildman–Crippen LogP) is 2.82. The van der Waals surface area contributed by atoms with Crippen LogP contribution >= 0.6 is 0 Å². The normalized spacial score (nSPS) is 10.5. The summed E-state index contributed by atoms with van der Waals surface area (Å²) >= 11 is 0. The van der Waals surface area contributed by atoms with E-state index in [0.717, 1.165) is 31.9 Å². The summed E-state index contributed by atoms with van der Waals surface area (Å²) in [7, 11) is 0. The fourth-order valence-electron chi connectivity index (χ4n) is 1.92. The Morgan fingerprint density at radius 3 is 2.47 bits per heavy atom. The summed E-state index contributed by atoms with van der Waals surface area (Å²) in [6.45, 7) is 10.7. The Morgan fingerprint density at radius 2 is 1.88 bits per heavy atom. The second-order valence-electron chi connectivity index (χ2n) is 4.27. The van der Waals surface area contributed by atoms with Crippen molar-refractivity contribution in [2.75, 3.05) is 24.5 Å². The van der Waals surface area contributed by atoms with E-state index in [1.54, 1.807) is 0 Å². The van der Waals surface area contributed by atoms with E-state index in [0.29, 0.717) is 0 Å². The third kappa shape index (κ3) is 4.73. The smallest absolute Gasteiger partial charge is 0.0562 e. The van der Waals surface area contributed by atoms with Crippen molar-refractivity contribution in [3.8, 4) is 0 Å². The van der Waals surface area contributed by atoms with Gasteiger partial charge < -0.3 is 10.2 Å². The second kappa shape index (κ2) is 8.07. The Hall–Kier alpha value is -1.09. The van der Waals surface area contributed by atoms with Crippen LogP contribution in [0.15, 0.2) is 18.3 Å². The molecule has 0 saturated carbocycles. The molecule has 0 aromatic carbocycles. The lowest BCUT2D eigenvalue weighted by Gasteiger charge is -2.24. The second-order valence-corrected chi connectivity index (χ2v) is 4.27. The molecule has 0 saturated heterocycles.